The quantitative estimate of drug-likeness (QED) is 0.838. The molecule has 0 saturated carbocycles. The van der Waals surface area contributed by atoms with Gasteiger partial charge in [-0.2, -0.15) is 0 Å². The normalized spacial score (nSPS) is 11.2. The van der Waals surface area contributed by atoms with E-state index >= 15 is 0 Å². The molecule has 1 aromatic rings. The van der Waals surface area contributed by atoms with Crippen LogP contribution in [0.1, 0.15) is 21.6 Å². The second-order valence-electron chi connectivity index (χ2n) is 3.31. The number of halogens is 3. The first-order chi connectivity index (χ1) is 8.30. The van der Waals surface area contributed by atoms with E-state index in [0.717, 1.165) is 13.3 Å². The highest BCUT2D eigenvalue weighted by molar-refractivity contribution is 5.92. The maximum absolute atomic E-state index is 12.1. The van der Waals surface area contributed by atoms with E-state index in [1.165, 1.54) is 6.92 Å². The monoisotopic (exact) mass is 264 g/mol. The lowest BCUT2D eigenvalue weighted by Gasteiger charge is -2.14. The van der Waals surface area contributed by atoms with Crippen LogP contribution >= 0.6 is 0 Å². The van der Waals surface area contributed by atoms with Crippen molar-refractivity contribution in [3.8, 4) is 5.75 Å². The summed E-state index contributed by atoms with van der Waals surface area (Å²) in [6, 6.07) is 0. The van der Waals surface area contributed by atoms with E-state index in [4.69, 9.17) is 5.73 Å². The standard InChI is InChI=1S/C10H11F3N2O3/c1-5-7(18-10(11,12)13)4-15-6(3-14)8(5)9(16)17-2/h4H,3,14H2,1-2H3. The number of ether oxygens (including phenoxy) is 2. The van der Waals surface area contributed by atoms with Gasteiger partial charge in [0.05, 0.1) is 24.6 Å². The number of rotatable bonds is 3. The number of carbonyl (C=O) groups is 1. The van der Waals surface area contributed by atoms with Crippen LogP contribution in [0.15, 0.2) is 6.20 Å². The molecule has 1 aromatic heterocycles. The van der Waals surface area contributed by atoms with Gasteiger partial charge in [-0.05, 0) is 6.92 Å². The first-order valence-electron chi connectivity index (χ1n) is 4.82. The molecule has 5 nitrogen and oxygen atoms in total. The Hall–Kier alpha value is -1.83. The molecule has 1 heterocycles. The van der Waals surface area contributed by atoms with Crippen molar-refractivity contribution in [1.29, 1.82) is 0 Å². The zero-order chi connectivity index (χ0) is 13.9. The molecule has 0 spiro atoms. The summed E-state index contributed by atoms with van der Waals surface area (Å²) in [5.74, 6) is -1.37. The third kappa shape index (κ3) is 3.10. The lowest BCUT2D eigenvalue weighted by atomic mass is 10.1. The molecule has 0 unspecified atom stereocenters. The number of carbonyl (C=O) groups excluding carboxylic acids is 1. The molecule has 1 rings (SSSR count). The number of alkyl halides is 3. The molecule has 0 amide bonds. The number of esters is 1. The highest BCUT2D eigenvalue weighted by Gasteiger charge is 2.33. The average Bonchev–Trinajstić information content (AvgIpc) is 2.29. The Kier molecular flexibility index (Phi) is 4.12. The van der Waals surface area contributed by atoms with Gasteiger partial charge in [-0.1, -0.05) is 0 Å². The third-order valence-electron chi connectivity index (χ3n) is 2.18. The van der Waals surface area contributed by atoms with Gasteiger partial charge in [-0.25, -0.2) is 4.79 Å². The smallest absolute Gasteiger partial charge is 0.465 e. The molecule has 8 heteroatoms. The summed E-state index contributed by atoms with van der Waals surface area (Å²) in [6.45, 7) is 1.20. The summed E-state index contributed by atoms with van der Waals surface area (Å²) in [5.41, 5.74) is 5.37. The van der Waals surface area contributed by atoms with E-state index in [9.17, 15) is 18.0 Å². The Bertz CT molecular complexity index is 460. The van der Waals surface area contributed by atoms with E-state index < -0.39 is 18.1 Å². The molecule has 100 valence electrons. The van der Waals surface area contributed by atoms with E-state index in [1.807, 2.05) is 0 Å². The second kappa shape index (κ2) is 5.21. The first-order valence-corrected chi connectivity index (χ1v) is 4.82. The van der Waals surface area contributed by atoms with Crippen molar-refractivity contribution < 1.29 is 27.4 Å². The number of hydrogen-bond donors (Lipinski definition) is 1. The van der Waals surface area contributed by atoms with Crippen LogP contribution in [0.3, 0.4) is 0 Å². The maximum Gasteiger partial charge on any atom is 0.573 e. The van der Waals surface area contributed by atoms with Crippen molar-refractivity contribution in [2.45, 2.75) is 19.8 Å². The maximum atomic E-state index is 12.1. The summed E-state index contributed by atoms with van der Waals surface area (Å²) in [6.07, 6.45) is -3.98. The van der Waals surface area contributed by atoms with Crippen LogP contribution < -0.4 is 10.5 Å². The van der Waals surface area contributed by atoms with Gasteiger partial charge >= 0.3 is 12.3 Å². The van der Waals surface area contributed by atoms with Crippen LogP contribution in [-0.4, -0.2) is 24.4 Å². The van der Waals surface area contributed by atoms with Crippen molar-refractivity contribution in [3.05, 3.63) is 23.0 Å². The minimum absolute atomic E-state index is 0.0189. The van der Waals surface area contributed by atoms with Gasteiger partial charge < -0.3 is 15.2 Å². The number of nitrogens with two attached hydrogens (primary N) is 1. The number of nitrogens with zero attached hydrogens (tertiary/aromatic N) is 1. The van der Waals surface area contributed by atoms with Crippen LogP contribution in [0, 0.1) is 6.92 Å². The number of methoxy groups -OCH3 is 1. The molecule has 18 heavy (non-hydrogen) atoms. The molecular formula is C10H11F3N2O3. The molecule has 0 radical (unpaired) electrons. The highest BCUT2D eigenvalue weighted by atomic mass is 19.4. The lowest BCUT2D eigenvalue weighted by molar-refractivity contribution is -0.275. The van der Waals surface area contributed by atoms with Gasteiger partial charge in [-0.15, -0.1) is 13.2 Å². The zero-order valence-electron chi connectivity index (χ0n) is 9.67. The molecule has 0 aromatic carbocycles. The van der Waals surface area contributed by atoms with Crippen LogP contribution in [-0.2, 0) is 11.3 Å². The summed E-state index contributed by atoms with van der Waals surface area (Å²) in [4.78, 5) is 15.1. The molecule has 0 aliphatic carbocycles. The predicted octanol–water partition coefficient (Wildman–Crippen LogP) is 1.53. The fourth-order valence-corrected chi connectivity index (χ4v) is 1.39. The van der Waals surface area contributed by atoms with Crippen molar-refractivity contribution in [1.82, 2.24) is 4.98 Å². The molecule has 0 aliphatic rings. The molecule has 0 saturated heterocycles. The first kappa shape index (κ1) is 14.2. The summed E-state index contributed by atoms with van der Waals surface area (Å²) >= 11 is 0. The van der Waals surface area contributed by atoms with Crippen LogP contribution in [0.4, 0.5) is 13.2 Å². The van der Waals surface area contributed by atoms with Crippen molar-refractivity contribution in [3.63, 3.8) is 0 Å². The molecular weight excluding hydrogens is 253 g/mol. The van der Waals surface area contributed by atoms with Crippen LogP contribution in [0.5, 0.6) is 5.75 Å². The summed E-state index contributed by atoms with van der Waals surface area (Å²) < 4.78 is 44.6. The SMILES string of the molecule is COC(=O)c1c(CN)ncc(OC(F)(F)F)c1C. The van der Waals surface area contributed by atoms with E-state index in [2.05, 4.69) is 14.5 Å². The van der Waals surface area contributed by atoms with Gasteiger partial charge in [0.2, 0.25) is 0 Å². The average molecular weight is 264 g/mol. The van der Waals surface area contributed by atoms with E-state index in [1.54, 1.807) is 0 Å². The fourth-order valence-electron chi connectivity index (χ4n) is 1.39. The number of aromatic nitrogens is 1. The van der Waals surface area contributed by atoms with Gasteiger partial charge in [0.25, 0.3) is 0 Å². The zero-order valence-corrected chi connectivity index (χ0v) is 9.67. The molecule has 2 N–H and O–H groups in total. The molecule has 0 atom stereocenters. The Labute approximate surface area is 101 Å². The lowest BCUT2D eigenvalue weighted by Crippen LogP contribution is -2.20. The number of hydrogen-bond acceptors (Lipinski definition) is 5. The fraction of sp³-hybridized carbons (Fsp3) is 0.400. The van der Waals surface area contributed by atoms with Gasteiger partial charge in [0.15, 0.2) is 5.75 Å². The topological polar surface area (TPSA) is 74.4 Å². The van der Waals surface area contributed by atoms with Gasteiger partial charge in [0, 0.05) is 12.1 Å². The minimum Gasteiger partial charge on any atom is -0.465 e. The summed E-state index contributed by atoms with van der Waals surface area (Å²) in [5, 5.41) is 0. The Morgan fingerprint density at radius 1 is 1.50 bits per heavy atom. The van der Waals surface area contributed by atoms with Crippen LogP contribution in [0.2, 0.25) is 0 Å². The largest absolute Gasteiger partial charge is 0.573 e. The summed E-state index contributed by atoms with van der Waals surface area (Å²) in [7, 11) is 1.11. The van der Waals surface area contributed by atoms with Crippen molar-refractivity contribution in [2.75, 3.05) is 7.11 Å². The highest BCUT2D eigenvalue weighted by Crippen LogP contribution is 2.28. The van der Waals surface area contributed by atoms with E-state index in [0.29, 0.717) is 0 Å². The Morgan fingerprint density at radius 3 is 2.56 bits per heavy atom. The van der Waals surface area contributed by atoms with Crippen LogP contribution in [0.25, 0.3) is 0 Å². The van der Waals surface area contributed by atoms with Gasteiger partial charge in [-0.3, -0.25) is 4.98 Å². The Morgan fingerprint density at radius 2 is 2.11 bits per heavy atom. The molecule has 0 bridgehead atoms. The van der Waals surface area contributed by atoms with E-state index in [-0.39, 0.29) is 23.4 Å². The van der Waals surface area contributed by atoms with Crippen molar-refractivity contribution >= 4 is 5.97 Å². The molecule has 0 aliphatic heterocycles. The van der Waals surface area contributed by atoms with Crippen molar-refractivity contribution in [2.24, 2.45) is 5.73 Å². The predicted molar refractivity (Wildman–Crippen MR) is 54.9 cm³/mol. The van der Waals surface area contributed by atoms with Gasteiger partial charge in [0.1, 0.15) is 0 Å². The minimum atomic E-state index is -4.86. The Balaban J connectivity index is 3.30. The third-order valence-corrected chi connectivity index (χ3v) is 2.18. The number of pyridine rings is 1. The second-order valence-corrected chi connectivity index (χ2v) is 3.31. The molecule has 0 fully saturated rings.